The zero-order valence-electron chi connectivity index (χ0n) is 15.3. The average molecular weight is 366 g/mol. The van der Waals surface area contributed by atoms with Crippen molar-refractivity contribution in [3.05, 3.63) is 71.4 Å². The number of methoxy groups -OCH3 is 1. The minimum Gasteiger partial charge on any atom is -0.469 e. The highest BCUT2D eigenvalue weighted by molar-refractivity contribution is 5.73. The maximum absolute atomic E-state index is 11.5. The SMILES string of the molecule is COC(=O)Cc1ccc(N2CCN(OCc3ccccc3)CC2=C=O)cc1. The lowest BCUT2D eigenvalue weighted by Crippen LogP contribution is -2.44. The summed E-state index contributed by atoms with van der Waals surface area (Å²) in [7, 11) is 1.37. The van der Waals surface area contributed by atoms with Crippen molar-refractivity contribution in [2.45, 2.75) is 13.0 Å². The van der Waals surface area contributed by atoms with Crippen molar-refractivity contribution in [2.75, 3.05) is 31.6 Å². The predicted molar refractivity (Wildman–Crippen MR) is 102 cm³/mol. The number of piperazine rings is 1. The monoisotopic (exact) mass is 366 g/mol. The molecule has 1 aliphatic rings. The van der Waals surface area contributed by atoms with Crippen molar-refractivity contribution in [3.8, 4) is 0 Å². The average Bonchev–Trinajstić information content (AvgIpc) is 2.73. The van der Waals surface area contributed by atoms with Gasteiger partial charge in [0.25, 0.3) is 0 Å². The standard InChI is InChI=1S/C21H22N2O4/c1-26-21(25)13-17-7-9-19(10-8-17)23-12-11-22(14-20(23)15-24)27-16-18-5-3-2-4-6-18/h2-10H,11-14,16H2,1H3. The number of hydrogen-bond donors (Lipinski definition) is 0. The van der Waals surface area contributed by atoms with Gasteiger partial charge in [-0.2, -0.15) is 5.06 Å². The first-order valence-electron chi connectivity index (χ1n) is 8.78. The zero-order chi connectivity index (χ0) is 19.1. The summed E-state index contributed by atoms with van der Waals surface area (Å²) in [5.41, 5.74) is 3.37. The molecule has 0 unspecified atom stereocenters. The number of carbonyl (C=O) groups excluding carboxylic acids is 2. The van der Waals surface area contributed by atoms with Gasteiger partial charge >= 0.3 is 5.97 Å². The Kier molecular flexibility index (Phi) is 6.39. The van der Waals surface area contributed by atoms with E-state index < -0.39 is 0 Å². The number of ether oxygens (including phenoxy) is 1. The van der Waals surface area contributed by atoms with E-state index in [0.29, 0.717) is 31.9 Å². The van der Waals surface area contributed by atoms with Gasteiger partial charge in [-0.3, -0.25) is 9.63 Å². The topological polar surface area (TPSA) is 59.1 Å². The minimum atomic E-state index is -0.277. The summed E-state index contributed by atoms with van der Waals surface area (Å²) in [4.78, 5) is 30.6. The Labute approximate surface area is 158 Å². The highest BCUT2D eigenvalue weighted by Crippen LogP contribution is 2.23. The Hall–Kier alpha value is -2.92. The molecule has 6 heteroatoms. The molecule has 27 heavy (non-hydrogen) atoms. The molecule has 0 amide bonds. The van der Waals surface area contributed by atoms with E-state index in [-0.39, 0.29) is 12.4 Å². The fourth-order valence-electron chi connectivity index (χ4n) is 2.93. The first kappa shape index (κ1) is 18.9. The number of esters is 1. The molecule has 0 radical (unpaired) electrons. The highest BCUT2D eigenvalue weighted by atomic mass is 16.7. The molecule has 0 bridgehead atoms. The van der Waals surface area contributed by atoms with E-state index in [2.05, 4.69) is 4.74 Å². The molecule has 3 rings (SSSR count). The number of carbonyl (C=O) groups is 1. The molecule has 6 nitrogen and oxygen atoms in total. The van der Waals surface area contributed by atoms with Crippen molar-refractivity contribution < 1.29 is 19.2 Å². The van der Waals surface area contributed by atoms with Crippen molar-refractivity contribution >= 4 is 17.6 Å². The van der Waals surface area contributed by atoms with Gasteiger partial charge in [0.1, 0.15) is 11.6 Å². The Morgan fingerprint density at radius 1 is 1.04 bits per heavy atom. The summed E-state index contributed by atoms with van der Waals surface area (Å²) in [6.07, 6.45) is 0.230. The number of hydroxylamine groups is 2. The van der Waals surface area contributed by atoms with Gasteiger partial charge in [0, 0.05) is 18.8 Å². The third-order valence-corrected chi connectivity index (χ3v) is 4.42. The molecule has 0 saturated carbocycles. The predicted octanol–water partition coefficient (Wildman–Crippen LogP) is 2.37. The van der Waals surface area contributed by atoms with E-state index >= 15 is 0 Å². The van der Waals surface area contributed by atoms with Crippen LogP contribution in [0.3, 0.4) is 0 Å². The van der Waals surface area contributed by atoms with Crippen LogP contribution in [0.5, 0.6) is 0 Å². The van der Waals surface area contributed by atoms with Crippen LogP contribution in [0.1, 0.15) is 11.1 Å². The summed E-state index contributed by atoms with van der Waals surface area (Å²) in [5.74, 6) is 1.76. The molecule has 2 aromatic carbocycles. The first-order chi connectivity index (χ1) is 13.2. The van der Waals surface area contributed by atoms with Gasteiger partial charge in [-0.25, -0.2) is 4.79 Å². The Morgan fingerprint density at radius 2 is 1.78 bits per heavy atom. The van der Waals surface area contributed by atoms with E-state index in [4.69, 9.17) is 4.84 Å². The lowest BCUT2D eigenvalue weighted by Gasteiger charge is -2.35. The fraction of sp³-hybridized carbons (Fsp3) is 0.286. The van der Waals surface area contributed by atoms with Crippen molar-refractivity contribution in [2.24, 2.45) is 0 Å². The molecule has 0 spiro atoms. The lowest BCUT2D eigenvalue weighted by atomic mass is 10.1. The first-order valence-corrected chi connectivity index (χ1v) is 8.78. The van der Waals surface area contributed by atoms with Crippen LogP contribution in [0.15, 0.2) is 60.3 Å². The number of benzene rings is 2. The molecule has 2 aromatic rings. The molecule has 1 aliphatic heterocycles. The van der Waals surface area contributed by atoms with Crippen LogP contribution >= 0.6 is 0 Å². The van der Waals surface area contributed by atoms with Gasteiger partial charge in [0.05, 0.1) is 26.7 Å². The van der Waals surface area contributed by atoms with Crippen LogP contribution in [0.2, 0.25) is 0 Å². The second-order valence-electron chi connectivity index (χ2n) is 6.24. The number of nitrogens with zero attached hydrogens (tertiary/aromatic N) is 2. The molecule has 0 aromatic heterocycles. The van der Waals surface area contributed by atoms with Crippen LogP contribution in [-0.4, -0.2) is 43.7 Å². The van der Waals surface area contributed by atoms with E-state index in [9.17, 15) is 9.59 Å². The van der Waals surface area contributed by atoms with Crippen LogP contribution in [-0.2, 0) is 32.2 Å². The third kappa shape index (κ3) is 5.05. The number of rotatable bonds is 6. The molecule has 0 atom stereocenters. The summed E-state index contributed by atoms with van der Waals surface area (Å²) in [5, 5.41) is 1.79. The molecular formula is C21H22N2O4. The van der Waals surface area contributed by atoms with E-state index in [1.165, 1.54) is 7.11 Å². The van der Waals surface area contributed by atoms with Gasteiger partial charge in [-0.15, -0.1) is 0 Å². The Bertz CT molecular complexity index is 814. The number of hydrogen-bond acceptors (Lipinski definition) is 6. The van der Waals surface area contributed by atoms with Gasteiger partial charge in [0.15, 0.2) is 0 Å². The second-order valence-corrected chi connectivity index (χ2v) is 6.24. The number of anilines is 1. The maximum atomic E-state index is 11.5. The normalized spacial score (nSPS) is 14.7. The molecule has 1 heterocycles. The van der Waals surface area contributed by atoms with E-state index in [1.807, 2.05) is 65.4 Å². The zero-order valence-corrected chi connectivity index (χ0v) is 15.3. The van der Waals surface area contributed by atoms with E-state index in [1.54, 1.807) is 5.06 Å². The lowest BCUT2D eigenvalue weighted by molar-refractivity contribution is -0.166. The third-order valence-electron chi connectivity index (χ3n) is 4.42. The molecule has 140 valence electrons. The molecular weight excluding hydrogens is 344 g/mol. The minimum absolute atomic E-state index is 0.230. The molecule has 1 fully saturated rings. The van der Waals surface area contributed by atoms with Crippen LogP contribution in [0, 0.1) is 0 Å². The van der Waals surface area contributed by atoms with Gasteiger partial charge in [-0.05, 0) is 23.3 Å². The summed E-state index contributed by atoms with van der Waals surface area (Å²) >= 11 is 0. The van der Waals surface area contributed by atoms with Gasteiger partial charge in [-0.1, -0.05) is 42.5 Å². The van der Waals surface area contributed by atoms with Gasteiger partial charge in [0.2, 0.25) is 0 Å². The second kappa shape index (κ2) is 9.14. The summed E-state index contributed by atoms with van der Waals surface area (Å²) in [6.45, 7) is 2.13. The summed E-state index contributed by atoms with van der Waals surface area (Å²) < 4.78 is 4.68. The molecule has 0 N–H and O–H groups in total. The molecule has 0 aliphatic carbocycles. The van der Waals surface area contributed by atoms with E-state index in [0.717, 1.165) is 16.8 Å². The van der Waals surface area contributed by atoms with Crippen LogP contribution in [0.25, 0.3) is 0 Å². The summed E-state index contributed by atoms with van der Waals surface area (Å²) in [6, 6.07) is 17.4. The maximum Gasteiger partial charge on any atom is 0.309 e. The molecule has 1 saturated heterocycles. The largest absolute Gasteiger partial charge is 0.469 e. The quantitative estimate of drug-likeness (QED) is 0.578. The van der Waals surface area contributed by atoms with Gasteiger partial charge < -0.3 is 9.64 Å². The van der Waals surface area contributed by atoms with Crippen LogP contribution in [0.4, 0.5) is 5.69 Å². The Morgan fingerprint density at radius 3 is 2.44 bits per heavy atom. The van der Waals surface area contributed by atoms with Crippen molar-refractivity contribution in [3.63, 3.8) is 0 Å². The van der Waals surface area contributed by atoms with Crippen LogP contribution < -0.4 is 4.90 Å². The van der Waals surface area contributed by atoms with Crippen molar-refractivity contribution in [1.29, 1.82) is 0 Å². The fourth-order valence-corrected chi connectivity index (χ4v) is 2.93. The van der Waals surface area contributed by atoms with Crippen molar-refractivity contribution in [1.82, 2.24) is 5.06 Å². The Balaban J connectivity index is 1.60. The smallest absolute Gasteiger partial charge is 0.309 e. The highest BCUT2D eigenvalue weighted by Gasteiger charge is 2.24.